The summed E-state index contributed by atoms with van der Waals surface area (Å²) < 4.78 is 41.5. The van der Waals surface area contributed by atoms with Gasteiger partial charge in [0.2, 0.25) is 4.77 Å². The van der Waals surface area contributed by atoms with Crippen molar-refractivity contribution in [2.24, 2.45) is 5.10 Å². The van der Waals surface area contributed by atoms with Gasteiger partial charge in [0, 0.05) is 5.56 Å². The number of halogens is 2. The Morgan fingerprint density at radius 1 is 1.21 bits per heavy atom. The van der Waals surface area contributed by atoms with Gasteiger partial charge in [0.25, 0.3) is 0 Å². The van der Waals surface area contributed by atoms with Crippen molar-refractivity contribution in [3.63, 3.8) is 0 Å². The fraction of sp³-hybridized carbons (Fsp3) is 0.211. The van der Waals surface area contributed by atoms with Gasteiger partial charge in [0.05, 0.1) is 19.9 Å². The summed E-state index contributed by atoms with van der Waals surface area (Å²) in [4.78, 5) is 0. The lowest BCUT2D eigenvalue weighted by Crippen LogP contribution is -2.01. The largest absolute Gasteiger partial charge is 0.493 e. The minimum Gasteiger partial charge on any atom is -0.493 e. The highest BCUT2D eigenvalue weighted by atomic mass is 32.1. The van der Waals surface area contributed by atoms with Crippen LogP contribution in [-0.4, -0.2) is 41.4 Å². The van der Waals surface area contributed by atoms with E-state index in [1.165, 1.54) is 16.8 Å². The van der Waals surface area contributed by atoms with Crippen molar-refractivity contribution in [2.45, 2.75) is 13.5 Å². The number of methoxy groups -OCH3 is 1. The van der Waals surface area contributed by atoms with Crippen molar-refractivity contribution in [3.05, 3.63) is 52.8 Å². The molecule has 29 heavy (non-hydrogen) atoms. The van der Waals surface area contributed by atoms with Crippen LogP contribution in [0.1, 0.15) is 12.5 Å². The van der Waals surface area contributed by atoms with Crippen molar-refractivity contribution in [2.75, 3.05) is 13.7 Å². The quantitative estimate of drug-likeness (QED) is 0.429. The van der Waals surface area contributed by atoms with Gasteiger partial charge in [-0.1, -0.05) is 0 Å². The third kappa shape index (κ3) is 4.96. The molecule has 3 rings (SSSR count). The summed E-state index contributed by atoms with van der Waals surface area (Å²) >= 11 is 5.24. The maximum absolute atomic E-state index is 12.3. The maximum atomic E-state index is 12.3. The fourth-order valence-corrected chi connectivity index (χ4v) is 2.71. The highest BCUT2D eigenvalue weighted by Crippen LogP contribution is 2.27. The standard InChI is InChI=1S/C19H18F2N4O3S/c1-3-27-15-9-4-12(10-16(15)26-2)11-22-25-17(23-24-19(25)29)13-5-7-14(8-6-13)28-18(20)21/h4-11,18H,3H2,1-2H3,(H,24,29). The Hall–Kier alpha value is -3.27. The van der Waals surface area contributed by atoms with E-state index < -0.39 is 6.61 Å². The van der Waals surface area contributed by atoms with E-state index in [1.54, 1.807) is 37.6 Å². The molecule has 0 radical (unpaired) electrons. The number of benzene rings is 2. The first-order valence-electron chi connectivity index (χ1n) is 8.59. The van der Waals surface area contributed by atoms with Crippen LogP contribution in [0.2, 0.25) is 0 Å². The summed E-state index contributed by atoms with van der Waals surface area (Å²) in [5.74, 6) is 1.70. The molecular weight excluding hydrogens is 402 g/mol. The summed E-state index contributed by atoms with van der Waals surface area (Å²) in [5.41, 5.74) is 1.39. The number of alkyl halides is 2. The first-order valence-corrected chi connectivity index (χ1v) is 9.00. The molecule has 0 aliphatic rings. The lowest BCUT2D eigenvalue weighted by Gasteiger charge is -2.09. The third-order valence-corrected chi connectivity index (χ3v) is 4.06. The van der Waals surface area contributed by atoms with Crippen LogP contribution in [0.25, 0.3) is 11.4 Å². The number of hydrogen-bond donors (Lipinski definition) is 1. The fourth-order valence-electron chi connectivity index (χ4n) is 2.53. The van der Waals surface area contributed by atoms with E-state index in [9.17, 15) is 8.78 Å². The average molecular weight is 420 g/mol. The van der Waals surface area contributed by atoms with Gasteiger partial charge in [-0.25, -0.2) is 5.10 Å². The molecule has 0 saturated heterocycles. The number of hydrogen-bond acceptors (Lipinski definition) is 6. The average Bonchev–Trinajstić information content (AvgIpc) is 3.08. The van der Waals surface area contributed by atoms with Crippen LogP contribution >= 0.6 is 12.2 Å². The van der Waals surface area contributed by atoms with Crippen LogP contribution in [0, 0.1) is 4.77 Å². The molecule has 0 aliphatic carbocycles. The first kappa shape index (κ1) is 20.5. The van der Waals surface area contributed by atoms with E-state index in [2.05, 4.69) is 20.0 Å². The monoisotopic (exact) mass is 420 g/mol. The van der Waals surface area contributed by atoms with Gasteiger partial charge in [0.15, 0.2) is 17.3 Å². The van der Waals surface area contributed by atoms with E-state index >= 15 is 0 Å². The van der Waals surface area contributed by atoms with Gasteiger partial charge >= 0.3 is 6.61 Å². The molecule has 1 aromatic heterocycles. The molecule has 3 aromatic rings. The summed E-state index contributed by atoms with van der Waals surface area (Å²) in [6.07, 6.45) is 1.60. The summed E-state index contributed by atoms with van der Waals surface area (Å²) in [7, 11) is 1.56. The van der Waals surface area contributed by atoms with Crippen molar-refractivity contribution >= 4 is 18.4 Å². The number of aromatic nitrogens is 3. The van der Waals surface area contributed by atoms with Crippen LogP contribution in [0.15, 0.2) is 47.6 Å². The van der Waals surface area contributed by atoms with Crippen LogP contribution in [-0.2, 0) is 0 Å². The Kier molecular flexibility index (Phi) is 6.55. The zero-order valence-corrected chi connectivity index (χ0v) is 16.5. The maximum Gasteiger partial charge on any atom is 0.387 e. The van der Waals surface area contributed by atoms with E-state index in [0.717, 1.165) is 5.56 Å². The second-order valence-corrected chi connectivity index (χ2v) is 6.04. The molecule has 0 aliphatic heterocycles. The zero-order valence-electron chi connectivity index (χ0n) is 15.6. The third-order valence-electron chi connectivity index (χ3n) is 3.80. The second kappa shape index (κ2) is 9.28. The Labute approximate surface area is 170 Å². The van der Waals surface area contributed by atoms with Crippen LogP contribution in [0.3, 0.4) is 0 Å². The van der Waals surface area contributed by atoms with E-state index in [0.29, 0.717) is 29.5 Å². The SMILES string of the molecule is CCOc1ccc(C=Nn2c(-c3ccc(OC(F)F)cc3)n[nH]c2=S)cc1OC. The smallest absolute Gasteiger partial charge is 0.387 e. The molecule has 1 heterocycles. The lowest BCUT2D eigenvalue weighted by atomic mass is 10.2. The number of H-pyrrole nitrogens is 1. The Bertz CT molecular complexity index is 1050. The van der Waals surface area contributed by atoms with E-state index in [1.807, 2.05) is 13.0 Å². The second-order valence-electron chi connectivity index (χ2n) is 5.65. The van der Waals surface area contributed by atoms with Gasteiger partial charge < -0.3 is 14.2 Å². The predicted molar refractivity (Wildman–Crippen MR) is 107 cm³/mol. The minimum absolute atomic E-state index is 0.0504. The van der Waals surface area contributed by atoms with Gasteiger partial charge in [-0.15, -0.1) is 0 Å². The molecule has 152 valence electrons. The lowest BCUT2D eigenvalue weighted by molar-refractivity contribution is -0.0498. The molecule has 0 spiro atoms. The molecule has 2 aromatic carbocycles. The normalized spacial score (nSPS) is 11.2. The van der Waals surface area contributed by atoms with Gasteiger partial charge in [-0.05, 0) is 67.2 Å². The Balaban J connectivity index is 1.87. The van der Waals surface area contributed by atoms with E-state index in [-0.39, 0.29) is 10.5 Å². The molecule has 0 fully saturated rings. The summed E-state index contributed by atoms with van der Waals surface area (Å²) in [6, 6.07) is 11.4. The van der Waals surface area contributed by atoms with Gasteiger partial charge in [0.1, 0.15) is 5.75 Å². The Morgan fingerprint density at radius 3 is 2.62 bits per heavy atom. The minimum atomic E-state index is -2.88. The molecule has 0 atom stereocenters. The highest BCUT2D eigenvalue weighted by molar-refractivity contribution is 7.71. The molecule has 0 unspecified atom stereocenters. The first-order chi connectivity index (χ1) is 14.0. The van der Waals surface area contributed by atoms with Gasteiger partial charge in [-0.3, -0.25) is 0 Å². The number of nitrogens with one attached hydrogen (secondary N) is 1. The van der Waals surface area contributed by atoms with Crippen LogP contribution < -0.4 is 14.2 Å². The van der Waals surface area contributed by atoms with E-state index in [4.69, 9.17) is 21.7 Å². The molecule has 0 bridgehead atoms. The molecular formula is C19H18F2N4O3S. The Morgan fingerprint density at radius 2 is 1.97 bits per heavy atom. The summed E-state index contributed by atoms with van der Waals surface area (Å²) in [6.45, 7) is -0.465. The number of nitrogens with zero attached hydrogens (tertiary/aromatic N) is 3. The highest BCUT2D eigenvalue weighted by Gasteiger charge is 2.10. The topological polar surface area (TPSA) is 73.7 Å². The number of aromatic amines is 1. The van der Waals surface area contributed by atoms with Crippen molar-refractivity contribution in [3.8, 4) is 28.6 Å². The van der Waals surface area contributed by atoms with Gasteiger partial charge in [-0.2, -0.15) is 23.7 Å². The summed E-state index contributed by atoms with van der Waals surface area (Å²) in [5, 5.41) is 11.2. The number of rotatable bonds is 8. The van der Waals surface area contributed by atoms with Crippen molar-refractivity contribution in [1.29, 1.82) is 0 Å². The predicted octanol–water partition coefficient (Wildman–Crippen LogP) is 4.50. The number of ether oxygens (including phenoxy) is 3. The van der Waals surface area contributed by atoms with Crippen molar-refractivity contribution in [1.82, 2.24) is 14.9 Å². The molecule has 0 amide bonds. The van der Waals surface area contributed by atoms with Crippen LogP contribution in [0.5, 0.6) is 17.2 Å². The molecule has 0 saturated carbocycles. The molecule has 10 heteroatoms. The van der Waals surface area contributed by atoms with Crippen LogP contribution in [0.4, 0.5) is 8.78 Å². The van der Waals surface area contributed by atoms with Crippen molar-refractivity contribution < 1.29 is 23.0 Å². The molecule has 7 nitrogen and oxygen atoms in total. The zero-order chi connectivity index (χ0) is 20.8. The molecule has 1 N–H and O–H groups in total.